The lowest BCUT2D eigenvalue weighted by Crippen LogP contribution is -2.08. The van der Waals surface area contributed by atoms with E-state index in [1.807, 2.05) is 13.0 Å². The van der Waals surface area contributed by atoms with Crippen molar-refractivity contribution in [3.63, 3.8) is 0 Å². The molecule has 1 unspecified atom stereocenters. The zero-order valence-electron chi connectivity index (χ0n) is 13.6. The van der Waals surface area contributed by atoms with E-state index >= 15 is 0 Å². The highest BCUT2D eigenvalue weighted by Crippen LogP contribution is 2.21. The van der Waals surface area contributed by atoms with Crippen LogP contribution in [-0.4, -0.2) is 5.78 Å². The van der Waals surface area contributed by atoms with Gasteiger partial charge in [-0.25, -0.2) is 0 Å². The second-order valence-corrected chi connectivity index (χ2v) is 6.90. The third-order valence-corrected chi connectivity index (χ3v) is 3.36. The predicted octanol–water partition coefficient (Wildman–Crippen LogP) is 5.29. The zero-order valence-corrected chi connectivity index (χ0v) is 13.6. The van der Waals surface area contributed by atoms with Crippen LogP contribution in [0.2, 0.25) is 0 Å². The molecular formula is C19H28O. The normalized spacial score (nSPS) is 13.7. The maximum absolute atomic E-state index is 11.9. The van der Waals surface area contributed by atoms with E-state index in [9.17, 15) is 4.79 Å². The summed E-state index contributed by atoms with van der Waals surface area (Å²) < 4.78 is 0. The zero-order chi connectivity index (χ0) is 15.2. The molecule has 1 rings (SSSR count). The maximum Gasteiger partial charge on any atom is 0.158 e. The highest BCUT2D eigenvalue weighted by atomic mass is 16.1. The summed E-state index contributed by atoms with van der Waals surface area (Å²) in [7, 11) is 0. The molecule has 0 saturated heterocycles. The fraction of sp³-hybridized carbons (Fsp3) is 0.526. The van der Waals surface area contributed by atoms with Crippen molar-refractivity contribution in [2.45, 2.75) is 53.9 Å². The number of carbonyl (C=O) groups excluding carboxylic acids is 1. The van der Waals surface area contributed by atoms with E-state index in [1.165, 1.54) is 5.56 Å². The van der Waals surface area contributed by atoms with Crippen molar-refractivity contribution < 1.29 is 4.79 Å². The molecule has 110 valence electrons. The summed E-state index contributed by atoms with van der Waals surface area (Å²) in [4.78, 5) is 11.9. The van der Waals surface area contributed by atoms with Crippen LogP contribution in [0.1, 0.15) is 58.6 Å². The lowest BCUT2D eigenvalue weighted by Gasteiger charge is -2.17. The Labute approximate surface area is 124 Å². The van der Waals surface area contributed by atoms with Gasteiger partial charge in [-0.3, -0.25) is 4.79 Å². The van der Waals surface area contributed by atoms with Gasteiger partial charge in [0, 0.05) is 5.92 Å². The Balaban J connectivity index is 2.63. The van der Waals surface area contributed by atoms with Crippen molar-refractivity contribution in [2.75, 3.05) is 0 Å². The van der Waals surface area contributed by atoms with Gasteiger partial charge < -0.3 is 0 Å². The molecular weight excluding hydrogens is 244 g/mol. The average Bonchev–Trinajstić information content (AvgIpc) is 2.36. The monoisotopic (exact) mass is 272 g/mol. The van der Waals surface area contributed by atoms with E-state index in [4.69, 9.17) is 0 Å². The van der Waals surface area contributed by atoms with Gasteiger partial charge in [-0.15, -0.1) is 0 Å². The van der Waals surface area contributed by atoms with Gasteiger partial charge in [0.15, 0.2) is 5.78 Å². The molecule has 1 heteroatoms. The third kappa shape index (κ3) is 6.18. The van der Waals surface area contributed by atoms with E-state index in [2.05, 4.69) is 52.0 Å². The topological polar surface area (TPSA) is 17.1 Å². The quantitative estimate of drug-likeness (QED) is 0.643. The van der Waals surface area contributed by atoms with E-state index in [1.54, 1.807) is 6.08 Å². The second-order valence-electron chi connectivity index (χ2n) is 6.90. The Kier molecular flexibility index (Phi) is 6.19. The fourth-order valence-electron chi connectivity index (χ4n) is 2.28. The molecule has 0 saturated carbocycles. The molecule has 1 nitrogen and oxygen atoms in total. The predicted molar refractivity (Wildman–Crippen MR) is 87.7 cm³/mol. The number of ketones is 1. The van der Waals surface area contributed by atoms with Gasteiger partial charge in [-0.2, -0.15) is 0 Å². The Hall–Kier alpha value is -1.37. The number of hydrogen-bond acceptors (Lipinski definition) is 1. The first kappa shape index (κ1) is 16.7. The SMILES string of the molecule is CCCC(C)C(=O)/C=C/c1ccc(CC(C)(C)C)cc1. The Morgan fingerprint density at radius 2 is 1.80 bits per heavy atom. The van der Waals surface area contributed by atoms with Crippen molar-refractivity contribution in [1.29, 1.82) is 0 Å². The van der Waals surface area contributed by atoms with Crippen molar-refractivity contribution >= 4 is 11.9 Å². The molecule has 0 spiro atoms. The average molecular weight is 272 g/mol. The summed E-state index contributed by atoms with van der Waals surface area (Å²) in [5, 5.41) is 0. The summed E-state index contributed by atoms with van der Waals surface area (Å²) in [6.45, 7) is 10.8. The first-order valence-corrected chi connectivity index (χ1v) is 7.62. The Bertz CT molecular complexity index is 446. The molecule has 0 aliphatic carbocycles. The number of hydrogen-bond donors (Lipinski definition) is 0. The van der Waals surface area contributed by atoms with Gasteiger partial charge in [0.25, 0.3) is 0 Å². The van der Waals surface area contributed by atoms with Crippen LogP contribution in [0, 0.1) is 11.3 Å². The van der Waals surface area contributed by atoms with E-state index in [0.717, 1.165) is 24.8 Å². The standard InChI is InChI=1S/C19H28O/c1-6-7-15(2)18(20)13-12-16-8-10-17(11-9-16)14-19(3,4)5/h8-13,15H,6-7,14H2,1-5H3/b13-12+. The summed E-state index contributed by atoms with van der Waals surface area (Å²) in [5.41, 5.74) is 2.75. The van der Waals surface area contributed by atoms with Crippen molar-refractivity contribution in [3.8, 4) is 0 Å². The summed E-state index contributed by atoms with van der Waals surface area (Å²) in [6, 6.07) is 8.50. The number of rotatable bonds is 6. The highest BCUT2D eigenvalue weighted by molar-refractivity contribution is 5.95. The fourth-order valence-corrected chi connectivity index (χ4v) is 2.28. The molecule has 20 heavy (non-hydrogen) atoms. The molecule has 0 aliphatic rings. The first-order chi connectivity index (χ1) is 9.31. The Morgan fingerprint density at radius 1 is 1.20 bits per heavy atom. The molecule has 0 bridgehead atoms. The smallest absolute Gasteiger partial charge is 0.158 e. The molecule has 0 radical (unpaired) electrons. The third-order valence-electron chi connectivity index (χ3n) is 3.36. The minimum absolute atomic E-state index is 0.136. The molecule has 0 aromatic heterocycles. The molecule has 0 aliphatic heterocycles. The van der Waals surface area contributed by atoms with Gasteiger partial charge in [0.1, 0.15) is 0 Å². The van der Waals surface area contributed by atoms with Crippen molar-refractivity contribution in [3.05, 3.63) is 41.5 Å². The van der Waals surface area contributed by atoms with Crippen LogP contribution in [0.4, 0.5) is 0 Å². The van der Waals surface area contributed by atoms with Crippen LogP contribution in [-0.2, 0) is 11.2 Å². The largest absolute Gasteiger partial charge is 0.295 e. The number of carbonyl (C=O) groups is 1. The van der Waals surface area contributed by atoms with Crippen molar-refractivity contribution in [2.24, 2.45) is 11.3 Å². The molecule has 1 aromatic carbocycles. The molecule has 0 N–H and O–H groups in total. The highest BCUT2D eigenvalue weighted by Gasteiger charge is 2.11. The van der Waals surface area contributed by atoms with Crippen molar-refractivity contribution in [1.82, 2.24) is 0 Å². The summed E-state index contributed by atoms with van der Waals surface area (Å²) in [6.07, 6.45) is 6.74. The molecule has 0 amide bonds. The van der Waals surface area contributed by atoms with Gasteiger partial charge >= 0.3 is 0 Å². The molecule has 0 heterocycles. The minimum Gasteiger partial charge on any atom is -0.295 e. The van der Waals surface area contributed by atoms with Gasteiger partial charge in [-0.1, -0.05) is 71.4 Å². The van der Waals surface area contributed by atoms with E-state index in [0.29, 0.717) is 5.41 Å². The molecule has 0 fully saturated rings. The summed E-state index contributed by atoms with van der Waals surface area (Å²) >= 11 is 0. The lowest BCUT2D eigenvalue weighted by molar-refractivity contribution is -0.117. The lowest BCUT2D eigenvalue weighted by atomic mass is 9.88. The van der Waals surface area contributed by atoms with Crippen LogP contribution >= 0.6 is 0 Å². The maximum atomic E-state index is 11.9. The van der Waals surface area contributed by atoms with Gasteiger partial charge in [-0.05, 0) is 35.5 Å². The van der Waals surface area contributed by atoms with Crippen LogP contribution in [0.15, 0.2) is 30.3 Å². The number of benzene rings is 1. The van der Waals surface area contributed by atoms with Gasteiger partial charge in [0.2, 0.25) is 0 Å². The van der Waals surface area contributed by atoms with Crippen LogP contribution in [0.5, 0.6) is 0 Å². The molecule has 1 atom stereocenters. The minimum atomic E-state index is 0.136. The molecule has 1 aromatic rings. The van der Waals surface area contributed by atoms with E-state index < -0.39 is 0 Å². The van der Waals surface area contributed by atoms with Crippen LogP contribution < -0.4 is 0 Å². The van der Waals surface area contributed by atoms with Crippen LogP contribution in [0.3, 0.4) is 0 Å². The second kappa shape index (κ2) is 7.42. The van der Waals surface area contributed by atoms with Crippen LogP contribution in [0.25, 0.3) is 6.08 Å². The first-order valence-electron chi connectivity index (χ1n) is 7.62. The Morgan fingerprint density at radius 3 is 2.30 bits per heavy atom. The van der Waals surface area contributed by atoms with E-state index in [-0.39, 0.29) is 11.7 Å². The van der Waals surface area contributed by atoms with Gasteiger partial charge in [0.05, 0.1) is 0 Å². The summed E-state index contributed by atoms with van der Waals surface area (Å²) in [5.74, 6) is 0.363. The number of allylic oxidation sites excluding steroid dienone is 1.